The lowest BCUT2D eigenvalue weighted by molar-refractivity contribution is 0.267. The van der Waals surface area contributed by atoms with Gasteiger partial charge in [-0.15, -0.1) is 0 Å². The van der Waals surface area contributed by atoms with E-state index in [-0.39, 0.29) is 5.41 Å². The molecule has 0 aliphatic carbocycles. The van der Waals surface area contributed by atoms with Crippen molar-refractivity contribution in [2.75, 3.05) is 6.54 Å². The molecule has 5 nitrogen and oxygen atoms in total. The summed E-state index contributed by atoms with van der Waals surface area (Å²) in [6.45, 7) is 6.80. The van der Waals surface area contributed by atoms with Gasteiger partial charge in [0, 0.05) is 24.5 Å². The molecular weight excluding hydrogens is 252 g/mol. The summed E-state index contributed by atoms with van der Waals surface area (Å²) >= 11 is 0. The monoisotopic (exact) mass is 274 g/mol. The van der Waals surface area contributed by atoms with E-state index in [4.69, 9.17) is 10.3 Å². The van der Waals surface area contributed by atoms with Crippen molar-refractivity contribution in [3.63, 3.8) is 0 Å². The molecule has 0 unspecified atom stereocenters. The zero-order chi connectivity index (χ0) is 14.6. The van der Waals surface area contributed by atoms with E-state index < -0.39 is 0 Å². The Kier molecular flexibility index (Phi) is 4.49. The first kappa shape index (κ1) is 14.7. The SMILES string of the molecule is CCc1cnccc1-c1noc(C(CC)(CC)CN)n1. The van der Waals surface area contributed by atoms with Gasteiger partial charge < -0.3 is 10.3 Å². The maximum atomic E-state index is 5.93. The van der Waals surface area contributed by atoms with Gasteiger partial charge in [-0.25, -0.2) is 0 Å². The van der Waals surface area contributed by atoms with E-state index in [9.17, 15) is 0 Å². The van der Waals surface area contributed by atoms with E-state index in [1.807, 2.05) is 12.3 Å². The van der Waals surface area contributed by atoms with Gasteiger partial charge in [-0.2, -0.15) is 4.98 Å². The average Bonchev–Trinajstić information content (AvgIpc) is 3.00. The summed E-state index contributed by atoms with van der Waals surface area (Å²) in [5, 5.41) is 4.14. The fourth-order valence-corrected chi connectivity index (χ4v) is 2.40. The Labute approximate surface area is 119 Å². The second kappa shape index (κ2) is 6.13. The van der Waals surface area contributed by atoms with Gasteiger partial charge in [0.2, 0.25) is 11.7 Å². The Morgan fingerprint density at radius 1 is 1.25 bits per heavy atom. The zero-order valence-corrected chi connectivity index (χ0v) is 12.4. The van der Waals surface area contributed by atoms with Gasteiger partial charge in [-0.3, -0.25) is 4.98 Å². The van der Waals surface area contributed by atoms with Crippen LogP contribution in [0.25, 0.3) is 11.4 Å². The zero-order valence-electron chi connectivity index (χ0n) is 12.4. The highest BCUT2D eigenvalue weighted by atomic mass is 16.5. The maximum Gasteiger partial charge on any atom is 0.234 e. The van der Waals surface area contributed by atoms with Crippen molar-refractivity contribution in [2.24, 2.45) is 5.73 Å². The van der Waals surface area contributed by atoms with Crippen LogP contribution in [0.15, 0.2) is 23.0 Å². The van der Waals surface area contributed by atoms with Gasteiger partial charge in [0.15, 0.2) is 0 Å². The predicted octanol–water partition coefficient (Wildman–Crippen LogP) is 2.71. The van der Waals surface area contributed by atoms with Crippen LogP contribution in [-0.2, 0) is 11.8 Å². The fourth-order valence-electron chi connectivity index (χ4n) is 2.40. The van der Waals surface area contributed by atoms with Crippen LogP contribution in [0.5, 0.6) is 0 Å². The Bertz CT molecular complexity index is 552. The highest BCUT2D eigenvalue weighted by molar-refractivity contribution is 5.58. The van der Waals surface area contributed by atoms with Crippen molar-refractivity contribution >= 4 is 0 Å². The molecule has 0 atom stereocenters. The van der Waals surface area contributed by atoms with Crippen molar-refractivity contribution < 1.29 is 4.52 Å². The van der Waals surface area contributed by atoms with Gasteiger partial charge in [0.1, 0.15) is 0 Å². The Hall–Kier alpha value is -1.75. The van der Waals surface area contributed by atoms with E-state index in [2.05, 4.69) is 35.9 Å². The number of hydrogen-bond acceptors (Lipinski definition) is 5. The standard InChI is InChI=1S/C15H22N4O/c1-4-11-9-17-8-7-12(11)13-18-14(20-19-13)15(5-2,6-3)10-16/h7-9H,4-6,10,16H2,1-3H3. The third-order valence-corrected chi connectivity index (χ3v) is 4.15. The van der Waals surface area contributed by atoms with Crippen LogP contribution in [0.1, 0.15) is 45.1 Å². The van der Waals surface area contributed by atoms with Gasteiger partial charge in [-0.05, 0) is 30.9 Å². The summed E-state index contributed by atoms with van der Waals surface area (Å²) in [4.78, 5) is 8.73. The van der Waals surface area contributed by atoms with E-state index in [0.717, 1.165) is 30.4 Å². The number of aryl methyl sites for hydroxylation is 1. The van der Waals surface area contributed by atoms with Crippen LogP contribution in [0.2, 0.25) is 0 Å². The number of aromatic nitrogens is 3. The van der Waals surface area contributed by atoms with E-state index >= 15 is 0 Å². The van der Waals surface area contributed by atoms with Crippen LogP contribution in [0.3, 0.4) is 0 Å². The Morgan fingerprint density at radius 2 is 2.00 bits per heavy atom. The highest BCUT2D eigenvalue weighted by Gasteiger charge is 2.33. The van der Waals surface area contributed by atoms with Crippen LogP contribution in [0.4, 0.5) is 0 Å². The first-order chi connectivity index (χ1) is 9.70. The Balaban J connectivity index is 2.43. The first-order valence-corrected chi connectivity index (χ1v) is 7.18. The molecule has 2 aromatic heterocycles. The molecule has 20 heavy (non-hydrogen) atoms. The van der Waals surface area contributed by atoms with E-state index in [1.54, 1.807) is 6.20 Å². The molecular formula is C15H22N4O. The molecule has 0 aromatic carbocycles. The van der Waals surface area contributed by atoms with Crippen molar-refractivity contribution in [1.82, 2.24) is 15.1 Å². The fraction of sp³-hybridized carbons (Fsp3) is 0.533. The van der Waals surface area contributed by atoms with Gasteiger partial charge >= 0.3 is 0 Å². The minimum absolute atomic E-state index is 0.218. The lowest BCUT2D eigenvalue weighted by atomic mass is 9.82. The number of nitrogens with two attached hydrogens (primary N) is 1. The summed E-state index contributed by atoms with van der Waals surface area (Å²) in [6, 6.07) is 1.93. The van der Waals surface area contributed by atoms with Gasteiger partial charge in [-0.1, -0.05) is 25.9 Å². The molecule has 0 saturated carbocycles. The molecule has 0 amide bonds. The molecule has 0 aliphatic heterocycles. The molecule has 5 heteroatoms. The second-order valence-corrected chi connectivity index (χ2v) is 5.00. The van der Waals surface area contributed by atoms with Crippen molar-refractivity contribution in [3.8, 4) is 11.4 Å². The van der Waals surface area contributed by atoms with Crippen LogP contribution < -0.4 is 5.73 Å². The average molecular weight is 274 g/mol. The van der Waals surface area contributed by atoms with E-state index in [0.29, 0.717) is 18.3 Å². The third kappa shape index (κ3) is 2.45. The molecule has 0 fully saturated rings. The van der Waals surface area contributed by atoms with Gasteiger partial charge in [0.05, 0.1) is 5.41 Å². The lowest BCUT2D eigenvalue weighted by Crippen LogP contribution is -2.34. The first-order valence-electron chi connectivity index (χ1n) is 7.18. The summed E-state index contributed by atoms with van der Waals surface area (Å²) in [5.41, 5.74) is 7.81. The molecule has 0 spiro atoms. The van der Waals surface area contributed by atoms with E-state index in [1.165, 1.54) is 0 Å². The van der Waals surface area contributed by atoms with Crippen molar-refractivity contribution in [1.29, 1.82) is 0 Å². The minimum atomic E-state index is -0.218. The molecule has 0 saturated heterocycles. The second-order valence-electron chi connectivity index (χ2n) is 5.00. The van der Waals surface area contributed by atoms with Crippen molar-refractivity contribution in [2.45, 2.75) is 45.4 Å². The minimum Gasteiger partial charge on any atom is -0.338 e. The quantitative estimate of drug-likeness (QED) is 0.876. The molecule has 2 rings (SSSR count). The van der Waals surface area contributed by atoms with Crippen LogP contribution >= 0.6 is 0 Å². The smallest absolute Gasteiger partial charge is 0.234 e. The van der Waals surface area contributed by atoms with Gasteiger partial charge in [0.25, 0.3) is 0 Å². The Morgan fingerprint density at radius 3 is 2.60 bits per heavy atom. The number of pyridine rings is 1. The number of hydrogen-bond donors (Lipinski definition) is 1. The van der Waals surface area contributed by atoms with Crippen LogP contribution in [-0.4, -0.2) is 21.7 Å². The normalized spacial score (nSPS) is 11.8. The molecule has 0 bridgehead atoms. The molecule has 0 radical (unpaired) electrons. The number of nitrogens with zero attached hydrogens (tertiary/aromatic N) is 3. The molecule has 2 heterocycles. The summed E-state index contributed by atoms with van der Waals surface area (Å²) < 4.78 is 5.50. The maximum absolute atomic E-state index is 5.93. The van der Waals surface area contributed by atoms with Crippen LogP contribution in [0, 0.1) is 0 Å². The third-order valence-electron chi connectivity index (χ3n) is 4.15. The summed E-state index contributed by atoms with van der Waals surface area (Å²) in [7, 11) is 0. The predicted molar refractivity (Wildman–Crippen MR) is 78.2 cm³/mol. The summed E-state index contributed by atoms with van der Waals surface area (Å²) in [6.07, 6.45) is 6.26. The summed E-state index contributed by atoms with van der Waals surface area (Å²) in [5.74, 6) is 1.26. The molecule has 0 aliphatic rings. The lowest BCUT2D eigenvalue weighted by Gasteiger charge is -2.24. The number of rotatable bonds is 6. The van der Waals surface area contributed by atoms with Crippen molar-refractivity contribution in [3.05, 3.63) is 29.9 Å². The largest absolute Gasteiger partial charge is 0.338 e. The molecule has 2 N–H and O–H groups in total. The molecule has 2 aromatic rings. The molecule has 108 valence electrons. The highest BCUT2D eigenvalue weighted by Crippen LogP contribution is 2.31. The topological polar surface area (TPSA) is 77.8 Å².